The van der Waals surface area contributed by atoms with E-state index in [9.17, 15) is 0 Å². The summed E-state index contributed by atoms with van der Waals surface area (Å²) in [7, 11) is 0. The van der Waals surface area contributed by atoms with Gasteiger partial charge in [0.2, 0.25) is 0 Å². The lowest BCUT2D eigenvalue weighted by molar-refractivity contribution is -0.137. The third-order valence-electron chi connectivity index (χ3n) is 3.47. The van der Waals surface area contributed by atoms with E-state index in [2.05, 4.69) is 30.9 Å². The normalized spacial score (nSPS) is 38.4. The molecule has 15 heavy (non-hydrogen) atoms. The van der Waals surface area contributed by atoms with Gasteiger partial charge in [0.1, 0.15) is 5.72 Å². The minimum atomic E-state index is -0.0342. The van der Waals surface area contributed by atoms with Crippen molar-refractivity contribution >= 4 is 24.2 Å². The first-order valence-corrected chi connectivity index (χ1v) is 6.83. The monoisotopic (exact) mass is 251 g/mol. The summed E-state index contributed by atoms with van der Waals surface area (Å²) >= 11 is 2.08. The van der Waals surface area contributed by atoms with Crippen LogP contribution in [0.25, 0.3) is 0 Å². The number of nitrogens with one attached hydrogen (secondary N) is 1. The molecule has 0 radical (unpaired) electrons. The summed E-state index contributed by atoms with van der Waals surface area (Å²) in [6.45, 7) is 6.51. The van der Waals surface area contributed by atoms with E-state index in [4.69, 9.17) is 4.74 Å². The van der Waals surface area contributed by atoms with Crippen LogP contribution in [0.3, 0.4) is 0 Å². The molecule has 2 aliphatic rings. The van der Waals surface area contributed by atoms with Crippen LogP contribution in [0, 0.1) is 11.8 Å². The van der Waals surface area contributed by atoms with Gasteiger partial charge in [-0.15, -0.1) is 12.4 Å². The van der Waals surface area contributed by atoms with E-state index in [1.807, 2.05) is 0 Å². The van der Waals surface area contributed by atoms with E-state index in [1.165, 1.54) is 24.3 Å². The number of halogens is 1. The maximum atomic E-state index is 6.00. The smallest absolute Gasteiger partial charge is 0.119 e. The molecule has 0 saturated carbocycles. The largest absolute Gasteiger partial charge is 0.360 e. The van der Waals surface area contributed by atoms with Gasteiger partial charge < -0.3 is 4.74 Å². The Bertz CT molecular complexity index is 189. The molecule has 2 unspecified atom stereocenters. The van der Waals surface area contributed by atoms with Gasteiger partial charge in [-0.25, -0.2) is 0 Å². The van der Waals surface area contributed by atoms with Crippen molar-refractivity contribution in [3.63, 3.8) is 0 Å². The van der Waals surface area contributed by atoms with Crippen LogP contribution >= 0.6 is 24.2 Å². The lowest BCUT2D eigenvalue weighted by Crippen LogP contribution is -2.57. The van der Waals surface area contributed by atoms with Crippen molar-refractivity contribution in [2.24, 2.45) is 11.8 Å². The number of thioether (sulfide) groups is 1. The highest BCUT2D eigenvalue weighted by Crippen LogP contribution is 2.34. The first-order valence-electron chi connectivity index (χ1n) is 5.67. The molecule has 0 aromatic rings. The van der Waals surface area contributed by atoms with Crippen molar-refractivity contribution in [3.8, 4) is 0 Å². The van der Waals surface area contributed by atoms with Gasteiger partial charge in [-0.2, -0.15) is 11.8 Å². The zero-order valence-corrected chi connectivity index (χ0v) is 11.3. The first kappa shape index (κ1) is 13.6. The van der Waals surface area contributed by atoms with Crippen LogP contribution in [0.5, 0.6) is 0 Å². The summed E-state index contributed by atoms with van der Waals surface area (Å²) in [5.74, 6) is 4.00. The average molecular weight is 252 g/mol. The van der Waals surface area contributed by atoms with Gasteiger partial charge in [-0.05, 0) is 37.2 Å². The van der Waals surface area contributed by atoms with Crippen molar-refractivity contribution in [3.05, 3.63) is 0 Å². The molecule has 0 spiro atoms. The lowest BCUT2D eigenvalue weighted by atomic mass is 9.89. The van der Waals surface area contributed by atoms with Crippen molar-refractivity contribution in [1.29, 1.82) is 0 Å². The van der Waals surface area contributed by atoms with Crippen molar-refractivity contribution in [1.82, 2.24) is 5.32 Å². The fraction of sp³-hybridized carbons (Fsp3) is 1.00. The van der Waals surface area contributed by atoms with Crippen LogP contribution in [0.15, 0.2) is 0 Å². The van der Waals surface area contributed by atoms with Gasteiger partial charge in [0.25, 0.3) is 0 Å². The van der Waals surface area contributed by atoms with E-state index in [0.717, 1.165) is 19.1 Å². The zero-order chi connectivity index (χ0) is 10.0. The Labute approximate surface area is 103 Å². The van der Waals surface area contributed by atoms with Gasteiger partial charge in [0, 0.05) is 12.5 Å². The van der Waals surface area contributed by atoms with Gasteiger partial charge in [0.05, 0.1) is 6.61 Å². The van der Waals surface area contributed by atoms with Gasteiger partial charge in [0.15, 0.2) is 0 Å². The highest BCUT2D eigenvalue weighted by Gasteiger charge is 2.38. The summed E-state index contributed by atoms with van der Waals surface area (Å²) < 4.78 is 6.00. The molecule has 2 atom stereocenters. The molecule has 2 saturated heterocycles. The summed E-state index contributed by atoms with van der Waals surface area (Å²) in [5, 5.41) is 3.58. The summed E-state index contributed by atoms with van der Waals surface area (Å²) in [6.07, 6.45) is 2.62. The van der Waals surface area contributed by atoms with Crippen molar-refractivity contribution in [2.75, 3.05) is 24.7 Å². The molecule has 1 N–H and O–H groups in total. The maximum absolute atomic E-state index is 6.00. The van der Waals surface area contributed by atoms with Crippen LogP contribution in [0.4, 0.5) is 0 Å². The maximum Gasteiger partial charge on any atom is 0.119 e. The molecule has 0 bridgehead atoms. The minimum Gasteiger partial charge on any atom is -0.360 e. The molecule has 0 aliphatic carbocycles. The summed E-state index contributed by atoms with van der Waals surface area (Å²) in [5.41, 5.74) is -0.0342. The second-order valence-electron chi connectivity index (χ2n) is 4.79. The molecule has 0 aromatic heterocycles. The Morgan fingerprint density at radius 2 is 2.00 bits per heavy atom. The Morgan fingerprint density at radius 3 is 2.53 bits per heavy atom. The van der Waals surface area contributed by atoms with E-state index >= 15 is 0 Å². The predicted molar refractivity (Wildman–Crippen MR) is 68.8 cm³/mol. The van der Waals surface area contributed by atoms with Crippen molar-refractivity contribution in [2.45, 2.75) is 32.4 Å². The molecule has 4 heteroatoms. The van der Waals surface area contributed by atoms with E-state index in [-0.39, 0.29) is 18.1 Å². The Balaban J connectivity index is 0.00000112. The highest BCUT2D eigenvalue weighted by molar-refractivity contribution is 7.99. The Kier molecular flexibility index (Phi) is 5.23. The molecular weight excluding hydrogens is 230 g/mol. The standard InChI is InChI=1S/C11H21NOS.ClH/c1-9-7-12-11(2,13-8-9)10-3-5-14-6-4-10;/h9-10,12H,3-8H2,1-2H3;1H. The molecule has 0 amide bonds. The lowest BCUT2D eigenvalue weighted by Gasteiger charge is -2.44. The van der Waals surface area contributed by atoms with Crippen LogP contribution < -0.4 is 5.32 Å². The van der Waals surface area contributed by atoms with E-state index in [1.54, 1.807) is 0 Å². The van der Waals surface area contributed by atoms with Gasteiger partial charge in [-0.1, -0.05) is 6.92 Å². The molecule has 2 aliphatic heterocycles. The van der Waals surface area contributed by atoms with Crippen LogP contribution in [-0.2, 0) is 4.74 Å². The SMILES string of the molecule is CC1CNC(C)(C2CCSCC2)OC1.Cl. The third kappa shape index (κ3) is 3.26. The summed E-state index contributed by atoms with van der Waals surface area (Å²) in [4.78, 5) is 0. The number of hydrogen-bond donors (Lipinski definition) is 1. The quantitative estimate of drug-likeness (QED) is 0.774. The fourth-order valence-electron chi connectivity index (χ4n) is 2.31. The number of rotatable bonds is 1. The Hall–Kier alpha value is 0.560. The van der Waals surface area contributed by atoms with E-state index < -0.39 is 0 Å². The van der Waals surface area contributed by atoms with Crippen LogP contribution in [0.2, 0.25) is 0 Å². The highest BCUT2D eigenvalue weighted by atomic mass is 35.5. The van der Waals surface area contributed by atoms with Crippen molar-refractivity contribution < 1.29 is 4.74 Å². The molecule has 2 fully saturated rings. The van der Waals surface area contributed by atoms with E-state index in [0.29, 0.717) is 5.92 Å². The predicted octanol–water partition coefficient (Wildman–Crippen LogP) is 2.52. The second kappa shape index (κ2) is 5.76. The molecule has 2 rings (SSSR count). The summed E-state index contributed by atoms with van der Waals surface area (Å²) in [6, 6.07) is 0. The van der Waals surface area contributed by atoms with Crippen LogP contribution in [-0.4, -0.2) is 30.4 Å². The molecule has 0 aromatic carbocycles. The zero-order valence-electron chi connectivity index (χ0n) is 9.62. The number of hydrogen-bond acceptors (Lipinski definition) is 3. The van der Waals surface area contributed by atoms with Gasteiger partial charge in [-0.3, -0.25) is 5.32 Å². The Morgan fingerprint density at radius 1 is 1.33 bits per heavy atom. The second-order valence-corrected chi connectivity index (χ2v) is 6.02. The minimum absolute atomic E-state index is 0. The fourth-order valence-corrected chi connectivity index (χ4v) is 3.42. The number of ether oxygens (including phenoxy) is 1. The van der Waals surface area contributed by atoms with Gasteiger partial charge >= 0.3 is 0 Å². The molecule has 90 valence electrons. The van der Waals surface area contributed by atoms with Crippen LogP contribution in [0.1, 0.15) is 26.7 Å². The molecule has 2 nitrogen and oxygen atoms in total. The molecular formula is C11H22ClNOS. The topological polar surface area (TPSA) is 21.3 Å². The molecule has 2 heterocycles. The average Bonchev–Trinajstić information content (AvgIpc) is 2.24. The first-order chi connectivity index (χ1) is 6.71. The third-order valence-corrected chi connectivity index (χ3v) is 4.52.